The zero-order valence-corrected chi connectivity index (χ0v) is 11.7. The van der Waals surface area contributed by atoms with E-state index in [1.165, 1.54) is 0 Å². The molecule has 2 nitrogen and oxygen atoms in total. The molecule has 0 aliphatic heterocycles. The number of ketones is 1. The molecular weight excluding hydrogens is 278 g/mol. The van der Waals surface area contributed by atoms with Gasteiger partial charge in [-0.05, 0) is 29.1 Å². The van der Waals surface area contributed by atoms with E-state index in [0.717, 1.165) is 10.4 Å². The van der Waals surface area contributed by atoms with Crippen molar-refractivity contribution in [2.75, 3.05) is 0 Å². The second-order valence-corrected chi connectivity index (χ2v) is 6.10. The highest BCUT2D eigenvalue weighted by molar-refractivity contribution is 7.10. The Morgan fingerprint density at radius 3 is 2.79 bits per heavy atom. The number of Topliss-reactive ketones (excluding diaryl/α,β-unsaturated/α-hetero) is 1. The SMILES string of the molecule is N=C1CC(c2cccs2)C(=O)C1c1cccc(Cl)c1. The van der Waals surface area contributed by atoms with Crippen molar-refractivity contribution in [2.24, 2.45) is 0 Å². The molecule has 1 aliphatic carbocycles. The Morgan fingerprint density at radius 2 is 2.11 bits per heavy atom. The summed E-state index contributed by atoms with van der Waals surface area (Å²) in [5.74, 6) is -0.461. The molecule has 0 bridgehead atoms. The molecular formula is C15H12ClNOS. The summed E-state index contributed by atoms with van der Waals surface area (Å²) in [6, 6.07) is 11.2. The number of hydrogen-bond acceptors (Lipinski definition) is 3. The summed E-state index contributed by atoms with van der Waals surface area (Å²) in [5, 5.41) is 10.7. The number of thiophene rings is 1. The molecule has 3 rings (SSSR count). The van der Waals surface area contributed by atoms with Crippen molar-refractivity contribution in [2.45, 2.75) is 18.3 Å². The summed E-state index contributed by atoms with van der Waals surface area (Å²) in [6.07, 6.45) is 0.524. The van der Waals surface area contributed by atoms with Crippen LogP contribution in [0.4, 0.5) is 0 Å². The topological polar surface area (TPSA) is 40.9 Å². The zero-order chi connectivity index (χ0) is 13.4. The fourth-order valence-electron chi connectivity index (χ4n) is 2.59. The Labute approximate surface area is 120 Å². The van der Waals surface area contributed by atoms with Crippen LogP contribution in [0.3, 0.4) is 0 Å². The van der Waals surface area contributed by atoms with Crippen LogP contribution in [0.5, 0.6) is 0 Å². The minimum atomic E-state index is -0.425. The summed E-state index contributed by atoms with van der Waals surface area (Å²) in [5.41, 5.74) is 1.33. The fourth-order valence-corrected chi connectivity index (χ4v) is 3.63. The highest BCUT2D eigenvalue weighted by Crippen LogP contribution is 2.40. The molecule has 0 amide bonds. The van der Waals surface area contributed by atoms with E-state index in [1.807, 2.05) is 29.6 Å². The summed E-state index contributed by atoms with van der Waals surface area (Å²) < 4.78 is 0. The van der Waals surface area contributed by atoms with Crippen LogP contribution >= 0.6 is 22.9 Å². The van der Waals surface area contributed by atoms with Crippen molar-refractivity contribution in [3.8, 4) is 0 Å². The number of halogens is 1. The summed E-state index contributed by atoms with van der Waals surface area (Å²) >= 11 is 7.56. The van der Waals surface area contributed by atoms with Gasteiger partial charge in [-0.15, -0.1) is 11.3 Å². The van der Waals surface area contributed by atoms with Crippen molar-refractivity contribution in [3.05, 3.63) is 57.2 Å². The second kappa shape index (κ2) is 4.91. The molecule has 2 unspecified atom stereocenters. The third-order valence-corrected chi connectivity index (χ3v) is 4.69. The predicted molar refractivity (Wildman–Crippen MR) is 78.6 cm³/mol. The van der Waals surface area contributed by atoms with E-state index in [-0.39, 0.29) is 11.7 Å². The van der Waals surface area contributed by atoms with Gasteiger partial charge in [-0.3, -0.25) is 4.79 Å². The van der Waals surface area contributed by atoms with E-state index in [2.05, 4.69) is 0 Å². The Balaban J connectivity index is 1.96. The number of rotatable bonds is 2. The van der Waals surface area contributed by atoms with Crippen LogP contribution < -0.4 is 0 Å². The van der Waals surface area contributed by atoms with E-state index in [0.29, 0.717) is 17.2 Å². The molecule has 2 aromatic rings. The van der Waals surface area contributed by atoms with Gasteiger partial charge in [-0.25, -0.2) is 0 Å². The first-order valence-electron chi connectivity index (χ1n) is 6.06. The number of benzene rings is 1. The van der Waals surface area contributed by atoms with Crippen molar-refractivity contribution < 1.29 is 4.79 Å². The standard InChI is InChI=1S/C15H12ClNOS/c16-10-4-1-3-9(7-10)14-12(17)8-11(15(14)18)13-5-2-6-19-13/h1-7,11,14,17H,8H2. The molecule has 1 aromatic carbocycles. The van der Waals surface area contributed by atoms with Gasteiger partial charge in [0.05, 0.1) is 11.8 Å². The highest BCUT2D eigenvalue weighted by atomic mass is 35.5. The average Bonchev–Trinajstić information content (AvgIpc) is 2.97. The van der Waals surface area contributed by atoms with Crippen LogP contribution in [-0.4, -0.2) is 11.5 Å². The van der Waals surface area contributed by atoms with E-state index in [4.69, 9.17) is 17.0 Å². The molecule has 96 valence electrons. The Hall–Kier alpha value is -1.45. The van der Waals surface area contributed by atoms with Gasteiger partial charge in [0.25, 0.3) is 0 Å². The van der Waals surface area contributed by atoms with Crippen molar-refractivity contribution >= 4 is 34.4 Å². The van der Waals surface area contributed by atoms with Crippen LogP contribution in [0.1, 0.15) is 28.7 Å². The lowest BCUT2D eigenvalue weighted by Gasteiger charge is -2.10. The highest BCUT2D eigenvalue weighted by Gasteiger charge is 2.40. The van der Waals surface area contributed by atoms with Crippen LogP contribution in [0.15, 0.2) is 41.8 Å². The van der Waals surface area contributed by atoms with E-state index in [9.17, 15) is 4.79 Å². The first kappa shape index (κ1) is 12.6. The lowest BCUT2D eigenvalue weighted by atomic mass is 9.94. The molecule has 1 saturated carbocycles. The first-order valence-corrected chi connectivity index (χ1v) is 7.32. The quantitative estimate of drug-likeness (QED) is 0.881. The molecule has 0 saturated heterocycles. The van der Waals surface area contributed by atoms with Crippen LogP contribution in [0.2, 0.25) is 5.02 Å². The number of carbonyl (C=O) groups is 1. The normalized spacial score (nSPS) is 23.0. The number of hydrogen-bond donors (Lipinski definition) is 1. The molecule has 0 radical (unpaired) electrons. The van der Waals surface area contributed by atoms with E-state index in [1.54, 1.807) is 23.5 Å². The van der Waals surface area contributed by atoms with Gasteiger partial charge in [-0.2, -0.15) is 0 Å². The molecule has 1 heterocycles. The third kappa shape index (κ3) is 2.24. The third-order valence-electron chi connectivity index (χ3n) is 3.47. The van der Waals surface area contributed by atoms with Crippen LogP contribution in [0, 0.1) is 5.41 Å². The molecule has 1 N–H and O–H groups in total. The fraction of sp³-hybridized carbons (Fsp3) is 0.200. The molecule has 1 fully saturated rings. The van der Waals surface area contributed by atoms with Crippen molar-refractivity contribution in [1.29, 1.82) is 5.41 Å². The largest absolute Gasteiger partial charge is 0.309 e. The lowest BCUT2D eigenvalue weighted by molar-refractivity contribution is -0.119. The van der Waals surface area contributed by atoms with Crippen LogP contribution in [0.25, 0.3) is 0 Å². The Bertz CT molecular complexity index is 635. The van der Waals surface area contributed by atoms with Gasteiger partial charge < -0.3 is 5.41 Å². The Kier molecular flexibility index (Phi) is 3.25. The minimum absolute atomic E-state index is 0.120. The predicted octanol–water partition coefficient (Wildman–Crippen LogP) is 4.26. The summed E-state index contributed by atoms with van der Waals surface area (Å²) in [7, 11) is 0. The minimum Gasteiger partial charge on any atom is -0.309 e. The first-order chi connectivity index (χ1) is 9.16. The molecule has 1 aliphatic rings. The molecule has 0 spiro atoms. The smallest absolute Gasteiger partial charge is 0.154 e. The van der Waals surface area contributed by atoms with Gasteiger partial charge >= 0.3 is 0 Å². The van der Waals surface area contributed by atoms with Gasteiger partial charge in [0.15, 0.2) is 5.78 Å². The molecule has 4 heteroatoms. The molecule has 2 atom stereocenters. The lowest BCUT2D eigenvalue weighted by Crippen LogP contribution is -2.13. The van der Waals surface area contributed by atoms with E-state index < -0.39 is 5.92 Å². The average molecular weight is 290 g/mol. The number of nitrogens with one attached hydrogen (secondary N) is 1. The van der Waals surface area contributed by atoms with Gasteiger partial charge in [0, 0.05) is 22.0 Å². The van der Waals surface area contributed by atoms with E-state index >= 15 is 0 Å². The number of carbonyl (C=O) groups excluding carboxylic acids is 1. The Morgan fingerprint density at radius 1 is 1.26 bits per heavy atom. The maximum Gasteiger partial charge on any atom is 0.154 e. The summed E-state index contributed by atoms with van der Waals surface area (Å²) in [6.45, 7) is 0. The maximum absolute atomic E-state index is 12.5. The van der Waals surface area contributed by atoms with Gasteiger partial charge in [0.1, 0.15) is 0 Å². The summed E-state index contributed by atoms with van der Waals surface area (Å²) in [4.78, 5) is 13.6. The van der Waals surface area contributed by atoms with Crippen molar-refractivity contribution in [1.82, 2.24) is 0 Å². The zero-order valence-electron chi connectivity index (χ0n) is 10.1. The van der Waals surface area contributed by atoms with Gasteiger partial charge in [0.2, 0.25) is 0 Å². The molecule has 19 heavy (non-hydrogen) atoms. The van der Waals surface area contributed by atoms with Crippen LogP contribution in [-0.2, 0) is 4.79 Å². The van der Waals surface area contributed by atoms with Crippen molar-refractivity contribution in [3.63, 3.8) is 0 Å². The van der Waals surface area contributed by atoms with Gasteiger partial charge in [-0.1, -0.05) is 29.8 Å². The second-order valence-electron chi connectivity index (χ2n) is 4.69. The molecule has 1 aromatic heterocycles. The maximum atomic E-state index is 12.5. The monoisotopic (exact) mass is 289 g/mol.